The van der Waals surface area contributed by atoms with Gasteiger partial charge in [0.25, 0.3) is 0 Å². The van der Waals surface area contributed by atoms with E-state index in [0.29, 0.717) is 0 Å². The van der Waals surface area contributed by atoms with E-state index >= 15 is 0 Å². The summed E-state index contributed by atoms with van der Waals surface area (Å²) in [4.78, 5) is 10.6. The molecule has 0 radical (unpaired) electrons. The SMILES string of the molecule is CN1C=CN(c2cccc(C3(c4cc(C(C)(C)C)cc(C5(c6ccccc6)c6ccccc6-c6ccccc65)n4)c4ccccc4-c4ccccc43)c2)C1. The Bertz CT molecular complexity index is 2520. The molecule has 54 heavy (non-hydrogen) atoms. The summed E-state index contributed by atoms with van der Waals surface area (Å²) >= 11 is 0. The van der Waals surface area contributed by atoms with Crippen LogP contribution in [-0.2, 0) is 16.2 Å². The molecule has 10 rings (SSSR count). The number of pyridine rings is 1. The summed E-state index contributed by atoms with van der Waals surface area (Å²) in [6.45, 7) is 7.81. The van der Waals surface area contributed by atoms with Crippen molar-refractivity contribution in [3.63, 3.8) is 0 Å². The van der Waals surface area contributed by atoms with E-state index in [4.69, 9.17) is 4.98 Å². The third kappa shape index (κ3) is 4.51. The molecule has 3 nitrogen and oxygen atoms in total. The molecular weight excluding hydrogens is 655 g/mol. The van der Waals surface area contributed by atoms with Gasteiger partial charge in [0.05, 0.1) is 28.9 Å². The number of hydrogen-bond acceptors (Lipinski definition) is 3. The van der Waals surface area contributed by atoms with Crippen LogP contribution in [0.25, 0.3) is 22.3 Å². The van der Waals surface area contributed by atoms with Gasteiger partial charge in [-0.05, 0) is 90.9 Å². The fourth-order valence-electron chi connectivity index (χ4n) is 9.59. The first kappa shape index (κ1) is 32.5. The smallest absolute Gasteiger partial charge is 0.0938 e. The lowest BCUT2D eigenvalue weighted by Crippen LogP contribution is -2.35. The van der Waals surface area contributed by atoms with Gasteiger partial charge in [0.15, 0.2) is 0 Å². The van der Waals surface area contributed by atoms with Crippen LogP contribution >= 0.6 is 0 Å². The van der Waals surface area contributed by atoms with Crippen molar-refractivity contribution < 1.29 is 0 Å². The molecule has 0 unspecified atom stereocenters. The zero-order chi connectivity index (χ0) is 36.7. The van der Waals surface area contributed by atoms with E-state index in [9.17, 15) is 0 Å². The van der Waals surface area contributed by atoms with E-state index in [1.54, 1.807) is 0 Å². The Kier molecular flexibility index (Phi) is 7.16. The number of fused-ring (bicyclic) bond motifs is 6. The molecule has 0 saturated heterocycles. The third-order valence-corrected chi connectivity index (χ3v) is 12.1. The first-order chi connectivity index (χ1) is 26.3. The molecule has 0 spiro atoms. The monoisotopic (exact) mass is 697 g/mol. The summed E-state index contributed by atoms with van der Waals surface area (Å²) in [5.41, 5.74) is 15.6. The summed E-state index contributed by atoms with van der Waals surface area (Å²) in [5, 5.41) is 0. The molecule has 2 aliphatic carbocycles. The molecule has 0 fully saturated rings. The summed E-state index contributed by atoms with van der Waals surface area (Å²) in [6, 6.07) is 61.0. The average molecular weight is 698 g/mol. The quantitative estimate of drug-likeness (QED) is 0.178. The van der Waals surface area contributed by atoms with E-state index in [-0.39, 0.29) is 5.41 Å². The van der Waals surface area contributed by atoms with Gasteiger partial charge in [0, 0.05) is 25.1 Å². The highest BCUT2D eigenvalue weighted by atomic mass is 15.3. The number of nitrogens with zero attached hydrogens (tertiary/aromatic N) is 3. The summed E-state index contributed by atoms with van der Waals surface area (Å²) in [5.74, 6) is 0. The molecule has 0 saturated carbocycles. The lowest BCUT2D eigenvalue weighted by molar-refractivity contribution is 0.495. The molecule has 1 aromatic heterocycles. The van der Waals surface area contributed by atoms with Crippen molar-refractivity contribution in [2.45, 2.75) is 37.0 Å². The predicted octanol–water partition coefficient (Wildman–Crippen LogP) is 11.3. The van der Waals surface area contributed by atoms with Gasteiger partial charge >= 0.3 is 0 Å². The van der Waals surface area contributed by atoms with Gasteiger partial charge < -0.3 is 9.80 Å². The zero-order valence-corrected chi connectivity index (χ0v) is 31.3. The molecular formula is C51H43N3. The summed E-state index contributed by atoms with van der Waals surface area (Å²) in [7, 11) is 2.12. The van der Waals surface area contributed by atoms with Crippen LogP contribution in [-0.4, -0.2) is 23.6 Å². The Labute approximate surface area is 318 Å². The van der Waals surface area contributed by atoms with Gasteiger partial charge in [-0.25, -0.2) is 0 Å². The van der Waals surface area contributed by atoms with Gasteiger partial charge in [-0.1, -0.05) is 160 Å². The minimum Gasteiger partial charge on any atom is -0.361 e. The Morgan fingerprint density at radius 3 is 1.39 bits per heavy atom. The molecule has 262 valence electrons. The van der Waals surface area contributed by atoms with E-state index in [1.807, 2.05) is 0 Å². The first-order valence-corrected chi connectivity index (χ1v) is 19.0. The van der Waals surface area contributed by atoms with Gasteiger partial charge in [0.2, 0.25) is 0 Å². The Morgan fingerprint density at radius 1 is 0.481 bits per heavy atom. The zero-order valence-electron chi connectivity index (χ0n) is 31.3. The van der Waals surface area contributed by atoms with Gasteiger partial charge in [-0.2, -0.15) is 0 Å². The Morgan fingerprint density at radius 2 is 0.926 bits per heavy atom. The predicted molar refractivity (Wildman–Crippen MR) is 222 cm³/mol. The topological polar surface area (TPSA) is 19.4 Å². The minimum atomic E-state index is -0.677. The number of benzene rings is 6. The van der Waals surface area contributed by atoms with Crippen molar-refractivity contribution in [1.29, 1.82) is 0 Å². The first-order valence-electron chi connectivity index (χ1n) is 19.0. The number of aromatic nitrogens is 1. The van der Waals surface area contributed by atoms with E-state index < -0.39 is 10.8 Å². The van der Waals surface area contributed by atoms with Crippen LogP contribution in [0.2, 0.25) is 0 Å². The van der Waals surface area contributed by atoms with Crippen LogP contribution in [0.1, 0.15) is 71.1 Å². The second-order valence-electron chi connectivity index (χ2n) is 16.1. The maximum Gasteiger partial charge on any atom is 0.0938 e. The molecule has 0 bridgehead atoms. The standard InChI is InChI=1S/C51H43N3/c1-49(2,3)37-32-47(50(35-17-6-5-7-18-35)43-25-12-8-21-39(43)40-22-9-13-26-44(40)50)52-48(33-37)51(36-19-16-20-38(31-36)54-30-29-53(4)34-54)45-27-14-10-23-41(45)42-24-11-15-28-46(42)51/h5-33H,34H2,1-4H3. The third-order valence-electron chi connectivity index (χ3n) is 12.1. The van der Waals surface area contributed by atoms with Crippen LogP contribution < -0.4 is 4.90 Å². The van der Waals surface area contributed by atoms with Crippen LogP contribution in [0.5, 0.6) is 0 Å². The van der Waals surface area contributed by atoms with Crippen molar-refractivity contribution in [1.82, 2.24) is 9.88 Å². The molecule has 2 heterocycles. The second-order valence-corrected chi connectivity index (χ2v) is 16.1. The molecule has 0 amide bonds. The largest absolute Gasteiger partial charge is 0.361 e. The highest BCUT2D eigenvalue weighted by molar-refractivity contribution is 5.88. The molecule has 7 aromatic rings. The van der Waals surface area contributed by atoms with Crippen molar-refractivity contribution in [2.24, 2.45) is 0 Å². The fourth-order valence-corrected chi connectivity index (χ4v) is 9.59. The van der Waals surface area contributed by atoms with Crippen LogP contribution in [0, 0.1) is 0 Å². The molecule has 6 aromatic carbocycles. The molecule has 0 atom stereocenters. The Balaban J connectivity index is 1.35. The molecule has 0 N–H and O–H groups in total. The van der Waals surface area contributed by atoms with Gasteiger partial charge in [-0.3, -0.25) is 4.98 Å². The van der Waals surface area contributed by atoms with Crippen molar-refractivity contribution in [3.05, 3.63) is 227 Å². The minimum absolute atomic E-state index is 0.159. The van der Waals surface area contributed by atoms with Crippen LogP contribution in [0.15, 0.2) is 176 Å². The maximum absolute atomic E-state index is 6.11. The van der Waals surface area contributed by atoms with Crippen molar-refractivity contribution >= 4 is 5.69 Å². The maximum atomic E-state index is 6.11. The van der Waals surface area contributed by atoms with E-state index in [2.05, 4.69) is 214 Å². The lowest BCUT2D eigenvalue weighted by atomic mass is 9.66. The number of rotatable bonds is 5. The molecule has 3 aliphatic rings. The summed E-state index contributed by atoms with van der Waals surface area (Å²) < 4.78 is 0. The van der Waals surface area contributed by atoms with Crippen LogP contribution in [0.4, 0.5) is 5.69 Å². The number of anilines is 1. The lowest BCUT2D eigenvalue weighted by Gasteiger charge is -2.38. The van der Waals surface area contributed by atoms with E-state index in [1.165, 1.54) is 66.9 Å². The number of hydrogen-bond donors (Lipinski definition) is 0. The van der Waals surface area contributed by atoms with Gasteiger partial charge in [0.1, 0.15) is 0 Å². The summed E-state index contributed by atoms with van der Waals surface area (Å²) in [6.07, 6.45) is 4.32. The van der Waals surface area contributed by atoms with Crippen LogP contribution in [0.3, 0.4) is 0 Å². The van der Waals surface area contributed by atoms with E-state index in [0.717, 1.165) is 18.1 Å². The van der Waals surface area contributed by atoms with Crippen molar-refractivity contribution in [2.75, 3.05) is 18.6 Å². The Hall–Kier alpha value is -6.19. The normalized spacial score (nSPS) is 15.9. The van der Waals surface area contributed by atoms with Gasteiger partial charge in [-0.15, -0.1) is 0 Å². The second kappa shape index (κ2) is 11.9. The highest BCUT2D eigenvalue weighted by Crippen LogP contribution is 2.59. The van der Waals surface area contributed by atoms with Crippen molar-refractivity contribution in [3.8, 4) is 22.3 Å². The fraction of sp³-hybridized carbons (Fsp3) is 0.157. The average Bonchev–Trinajstić information content (AvgIpc) is 3.87. The highest BCUT2D eigenvalue weighted by Gasteiger charge is 2.51. The molecule has 1 aliphatic heterocycles. The molecule has 3 heteroatoms.